The van der Waals surface area contributed by atoms with E-state index in [2.05, 4.69) is 21.2 Å². The molecule has 6 heteroatoms. The molecule has 2 aromatic carbocycles. The Bertz CT molecular complexity index is 728. The number of halogens is 1. The average molecular weight is 350 g/mol. The van der Waals surface area contributed by atoms with Crippen LogP contribution in [0.25, 0.3) is 0 Å². The summed E-state index contributed by atoms with van der Waals surface area (Å²) in [5, 5.41) is 21.3. The average Bonchev–Trinajstić information content (AvgIpc) is 2.41. The molecule has 0 saturated heterocycles. The van der Waals surface area contributed by atoms with Crippen LogP contribution >= 0.6 is 15.9 Å². The summed E-state index contributed by atoms with van der Waals surface area (Å²) in [6.07, 6.45) is 0. The van der Waals surface area contributed by atoms with Gasteiger partial charge in [-0.1, -0.05) is 22.0 Å². The van der Waals surface area contributed by atoms with Crippen LogP contribution in [0.2, 0.25) is 0 Å². The Morgan fingerprint density at radius 3 is 2.48 bits per heavy atom. The summed E-state index contributed by atoms with van der Waals surface area (Å²) in [4.78, 5) is 23.3. The van der Waals surface area contributed by atoms with Crippen molar-refractivity contribution < 1.29 is 19.8 Å². The summed E-state index contributed by atoms with van der Waals surface area (Å²) >= 11 is 3.23. The molecule has 0 bridgehead atoms. The molecule has 0 aliphatic rings. The van der Waals surface area contributed by atoms with Gasteiger partial charge in [0.25, 0.3) is 5.91 Å². The number of benzene rings is 2. The number of hydrogen-bond donors (Lipinski definition) is 3. The van der Waals surface area contributed by atoms with Gasteiger partial charge in [0.2, 0.25) is 0 Å². The Balaban J connectivity index is 2.33. The minimum Gasteiger partial charge on any atom is -0.508 e. The van der Waals surface area contributed by atoms with Crippen molar-refractivity contribution in [2.24, 2.45) is 0 Å². The molecular weight excluding hydrogens is 338 g/mol. The number of aromatic carboxylic acids is 1. The number of aryl methyl sites for hydroxylation is 1. The van der Waals surface area contributed by atoms with E-state index < -0.39 is 11.9 Å². The number of hydrogen-bond acceptors (Lipinski definition) is 3. The summed E-state index contributed by atoms with van der Waals surface area (Å²) in [5.74, 6) is -1.62. The van der Waals surface area contributed by atoms with Gasteiger partial charge in [-0.15, -0.1) is 0 Å². The molecule has 0 heterocycles. The molecule has 1 amide bonds. The maximum Gasteiger partial charge on any atom is 0.337 e. The number of amides is 1. The van der Waals surface area contributed by atoms with E-state index in [4.69, 9.17) is 5.11 Å². The summed E-state index contributed by atoms with van der Waals surface area (Å²) in [5.41, 5.74) is 1.07. The molecule has 108 valence electrons. The molecule has 0 aliphatic carbocycles. The van der Waals surface area contributed by atoms with Crippen molar-refractivity contribution in [3.63, 3.8) is 0 Å². The number of rotatable bonds is 3. The topological polar surface area (TPSA) is 86.6 Å². The third kappa shape index (κ3) is 3.41. The first-order chi connectivity index (χ1) is 9.88. The van der Waals surface area contributed by atoms with Crippen LogP contribution in [0.1, 0.15) is 26.3 Å². The number of carbonyl (C=O) groups excluding carboxylic acids is 1. The fourth-order valence-electron chi connectivity index (χ4n) is 1.75. The molecule has 2 rings (SSSR count). The van der Waals surface area contributed by atoms with Crippen LogP contribution in [0.5, 0.6) is 5.75 Å². The van der Waals surface area contributed by atoms with Crippen molar-refractivity contribution in [3.05, 3.63) is 57.6 Å². The van der Waals surface area contributed by atoms with Crippen molar-refractivity contribution in [1.29, 1.82) is 0 Å². The Kier molecular flexibility index (Phi) is 4.28. The van der Waals surface area contributed by atoms with Gasteiger partial charge in [-0.25, -0.2) is 4.79 Å². The lowest BCUT2D eigenvalue weighted by Gasteiger charge is -2.10. The Labute approximate surface area is 129 Å². The molecule has 2 aromatic rings. The lowest BCUT2D eigenvalue weighted by Crippen LogP contribution is -2.14. The molecule has 0 saturated carbocycles. The first-order valence-corrected chi connectivity index (χ1v) is 6.81. The molecule has 0 radical (unpaired) electrons. The van der Waals surface area contributed by atoms with E-state index >= 15 is 0 Å². The predicted molar refractivity (Wildman–Crippen MR) is 81.9 cm³/mol. The van der Waals surface area contributed by atoms with Crippen LogP contribution in [0.4, 0.5) is 5.69 Å². The van der Waals surface area contributed by atoms with Crippen LogP contribution in [-0.2, 0) is 0 Å². The van der Waals surface area contributed by atoms with E-state index in [1.807, 2.05) is 0 Å². The standard InChI is InChI=1S/C15H12BrNO4/c1-8-2-3-9(6-13(8)18)14(19)17-12-7-10(16)4-5-11(12)15(20)21/h2-7,18H,1H3,(H,17,19)(H,20,21). The van der Waals surface area contributed by atoms with Crippen LogP contribution in [0.3, 0.4) is 0 Å². The van der Waals surface area contributed by atoms with Gasteiger partial charge in [0, 0.05) is 10.0 Å². The number of carbonyl (C=O) groups is 2. The van der Waals surface area contributed by atoms with Crippen molar-refractivity contribution in [2.45, 2.75) is 6.92 Å². The third-order valence-corrected chi connectivity index (χ3v) is 3.42. The smallest absolute Gasteiger partial charge is 0.337 e. The van der Waals surface area contributed by atoms with E-state index in [-0.39, 0.29) is 22.6 Å². The maximum atomic E-state index is 12.1. The largest absolute Gasteiger partial charge is 0.508 e. The highest BCUT2D eigenvalue weighted by atomic mass is 79.9. The van der Waals surface area contributed by atoms with E-state index in [9.17, 15) is 14.7 Å². The van der Waals surface area contributed by atoms with Gasteiger partial charge in [-0.05, 0) is 42.8 Å². The van der Waals surface area contributed by atoms with Crippen LogP contribution in [0.15, 0.2) is 40.9 Å². The second-order valence-electron chi connectivity index (χ2n) is 4.45. The highest BCUT2D eigenvalue weighted by Gasteiger charge is 2.14. The van der Waals surface area contributed by atoms with Gasteiger partial charge >= 0.3 is 5.97 Å². The summed E-state index contributed by atoms with van der Waals surface area (Å²) in [6.45, 7) is 1.72. The van der Waals surface area contributed by atoms with E-state index in [0.717, 1.165) is 0 Å². The van der Waals surface area contributed by atoms with Gasteiger partial charge in [0.1, 0.15) is 5.75 Å². The van der Waals surface area contributed by atoms with Gasteiger partial charge in [0.05, 0.1) is 11.3 Å². The molecule has 0 unspecified atom stereocenters. The predicted octanol–water partition coefficient (Wildman–Crippen LogP) is 3.41. The van der Waals surface area contributed by atoms with Gasteiger partial charge in [-0.3, -0.25) is 4.79 Å². The van der Waals surface area contributed by atoms with E-state index in [0.29, 0.717) is 10.0 Å². The molecule has 3 N–H and O–H groups in total. The van der Waals surface area contributed by atoms with Crippen LogP contribution in [-0.4, -0.2) is 22.1 Å². The Hall–Kier alpha value is -2.34. The molecular formula is C15H12BrNO4. The highest BCUT2D eigenvalue weighted by molar-refractivity contribution is 9.10. The first-order valence-electron chi connectivity index (χ1n) is 6.02. The van der Waals surface area contributed by atoms with Crippen LogP contribution < -0.4 is 5.32 Å². The summed E-state index contributed by atoms with van der Waals surface area (Å²) < 4.78 is 0.648. The van der Waals surface area contributed by atoms with Crippen LogP contribution in [0, 0.1) is 6.92 Å². The molecule has 0 spiro atoms. The highest BCUT2D eigenvalue weighted by Crippen LogP contribution is 2.23. The number of carboxylic acid groups (broad SMARTS) is 1. The molecule has 0 aliphatic heterocycles. The van der Waals surface area contributed by atoms with E-state index in [1.165, 1.54) is 18.2 Å². The third-order valence-electron chi connectivity index (χ3n) is 2.93. The minimum atomic E-state index is -1.13. The number of phenolic OH excluding ortho intramolecular Hbond substituents is 1. The molecule has 0 atom stereocenters. The second-order valence-corrected chi connectivity index (χ2v) is 5.37. The quantitative estimate of drug-likeness (QED) is 0.792. The molecule has 5 nitrogen and oxygen atoms in total. The van der Waals surface area contributed by atoms with Crippen molar-refractivity contribution in [2.75, 3.05) is 5.32 Å². The normalized spacial score (nSPS) is 10.2. The Morgan fingerprint density at radius 2 is 1.86 bits per heavy atom. The molecule has 21 heavy (non-hydrogen) atoms. The Morgan fingerprint density at radius 1 is 1.14 bits per heavy atom. The fraction of sp³-hybridized carbons (Fsp3) is 0.0667. The van der Waals surface area contributed by atoms with Gasteiger partial charge < -0.3 is 15.5 Å². The maximum absolute atomic E-state index is 12.1. The summed E-state index contributed by atoms with van der Waals surface area (Å²) in [6, 6.07) is 9.00. The molecule has 0 fully saturated rings. The van der Waals surface area contributed by atoms with Gasteiger partial charge in [-0.2, -0.15) is 0 Å². The van der Waals surface area contributed by atoms with Crippen molar-refractivity contribution in [1.82, 2.24) is 0 Å². The first kappa shape index (κ1) is 15.1. The zero-order valence-electron chi connectivity index (χ0n) is 11.1. The number of anilines is 1. The van der Waals surface area contributed by atoms with Gasteiger partial charge in [0.15, 0.2) is 0 Å². The zero-order valence-corrected chi connectivity index (χ0v) is 12.6. The lowest BCUT2D eigenvalue weighted by atomic mass is 10.1. The summed E-state index contributed by atoms with van der Waals surface area (Å²) in [7, 11) is 0. The number of phenols is 1. The van der Waals surface area contributed by atoms with Crippen molar-refractivity contribution >= 4 is 33.5 Å². The number of carboxylic acids is 1. The fourth-order valence-corrected chi connectivity index (χ4v) is 2.11. The molecule has 0 aromatic heterocycles. The van der Waals surface area contributed by atoms with E-state index in [1.54, 1.807) is 25.1 Å². The number of nitrogens with one attached hydrogen (secondary N) is 1. The monoisotopic (exact) mass is 349 g/mol. The van der Waals surface area contributed by atoms with Crippen molar-refractivity contribution in [3.8, 4) is 5.75 Å². The lowest BCUT2D eigenvalue weighted by molar-refractivity contribution is 0.0698. The second kappa shape index (κ2) is 5.97. The zero-order chi connectivity index (χ0) is 15.6. The number of aromatic hydroxyl groups is 1. The minimum absolute atomic E-state index is 0.00958. The SMILES string of the molecule is Cc1ccc(C(=O)Nc2cc(Br)ccc2C(=O)O)cc1O.